The average Bonchev–Trinajstić information content (AvgIpc) is 3.49. The first-order valence-corrected chi connectivity index (χ1v) is 18.9. The van der Waals surface area contributed by atoms with Crippen LogP contribution in [0.4, 0.5) is 21.0 Å². The van der Waals surface area contributed by atoms with E-state index in [9.17, 15) is 24.3 Å². The molecular formula is C41H54N2O9. The molecule has 0 aliphatic heterocycles. The third kappa shape index (κ3) is 7.80. The molecule has 0 heterocycles. The lowest BCUT2D eigenvalue weighted by Gasteiger charge is -2.64. The third-order valence-corrected chi connectivity index (χ3v) is 13.4. The first-order chi connectivity index (χ1) is 24.9. The van der Waals surface area contributed by atoms with Crippen molar-refractivity contribution in [3.63, 3.8) is 0 Å². The Morgan fingerprint density at radius 3 is 2.10 bits per heavy atom. The van der Waals surface area contributed by atoms with E-state index in [2.05, 4.69) is 36.1 Å². The quantitative estimate of drug-likeness (QED) is 0.167. The van der Waals surface area contributed by atoms with Crippen molar-refractivity contribution in [1.29, 1.82) is 0 Å². The monoisotopic (exact) mass is 718 g/mol. The van der Waals surface area contributed by atoms with E-state index in [1.807, 2.05) is 60.7 Å². The van der Waals surface area contributed by atoms with Gasteiger partial charge in [0.1, 0.15) is 12.2 Å². The van der Waals surface area contributed by atoms with Gasteiger partial charge in [0, 0.05) is 29.1 Å². The van der Waals surface area contributed by atoms with Crippen molar-refractivity contribution in [1.82, 2.24) is 0 Å². The van der Waals surface area contributed by atoms with Gasteiger partial charge in [-0.1, -0.05) is 57.2 Å². The SMILES string of the molecule is COC(=O)COC(=O)CC[C@@H](C)[C@H]1CC[C@H]2[C@@H]3[C@H](OC(=O)Nc4ccccc4)C[C@@H]4C[C@H](O)CC[C@]4(C)[C@H]3C[C@H](OC(=O)Nc3ccccc3)[C@]12C. The number of rotatable bonds is 10. The summed E-state index contributed by atoms with van der Waals surface area (Å²) in [6, 6.07) is 18.5. The van der Waals surface area contributed by atoms with Gasteiger partial charge in [0.25, 0.3) is 0 Å². The van der Waals surface area contributed by atoms with E-state index < -0.39 is 48.4 Å². The highest BCUT2D eigenvalue weighted by Crippen LogP contribution is 2.69. The number of carbonyl (C=O) groups is 4. The molecule has 0 saturated heterocycles. The zero-order valence-corrected chi connectivity index (χ0v) is 30.8. The molecule has 0 spiro atoms. The van der Waals surface area contributed by atoms with E-state index in [4.69, 9.17) is 14.2 Å². The van der Waals surface area contributed by atoms with Crippen molar-refractivity contribution in [3.8, 4) is 0 Å². The van der Waals surface area contributed by atoms with E-state index in [0.717, 1.165) is 19.3 Å². The fourth-order valence-electron chi connectivity index (χ4n) is 10.8. The molecule has 2 amide bonds. The van der Waals surface area contributed by atoms with Gasteiger partial charge in [0.15, 0.2) is 6.61 Å². The number of ether oxygens (including phenoxy) is 4. The molecule has 4 saturated carbocycles. The van der Waals surface area contributed by atoms with Gasteiger partial charge in [-0.3, -0.25) is 15.4 Å². The topological polar surface area (TPSA) is 149 Å². The lowest BCUT2D eigenvalue weighted by Crippen LogP contribution is -2.63. The highest BCUT2D eigenvalue weighted by Gasteiger charge is 2.67. The summed E-state index contributed by atoms with van der Waals surface area (Å²) in [6.45, 7) is 6.29. The fraction of sp³-hybridized carbons (Fsp3) is 0.610. The Morgan fingerprint density at radius 2 is 1.46 bits per heavy atom. The molecular weight excluding hydrogens is 664 g/mol. The molecule has 282 valence electrons. The van der Waals surface area contributed by atoms with Crippen LogP contribution in [0, 0.1) is 46.3 Å². The van der Waals surface area contributed by atoms with Crippen LogP contribution in [0.3, 0.4) is 0 Å². The summed E-state index contributed by atoms with van der Waals surface area (Å²) in [7, 11) is 1.25. The third-order valence-electron chi connectivity index (χ3n) is 13.4. The van der Waals surface area contributed by atoms with E-state index in [0.29, 0.717) is 43.5 Å². The largest absolute Gasteiger partial charge is 0.466 e. The molecule has 0 bridgehead atoms. The van der Waals surface area contributed by atoms with E-state index in [-0.39, 0.29) is 53.4 Å². The van der Waals surface area contributed by atoms with Gasteiger partial charge in [0.05, 0.1) is 13.2 Å². The Bertz CT molecular complexity index is 1570. The van der Waals surface area contributed by atoms with Crippen LogP contribution in [-0.4, -0.2) is 61.3 Å². The number of nitrogens with one attached hydrogen (secondary N) is 2. The zero-order chi connectivity index (χ0) is 37.0. The summed E-state index contributed by atoms with van der Waals surface area (Å²) in [5.74, 6) is -0.592. The molecule has 4 aliphatic rings. The van der Waals surface area contributed by atoms with Gasteiger partial charge in [-0.05, 0) is 111 Å². The maximum absolute atomic E-state index is 13.7. The maximum atomic E-state index is 13.7. The molecule has 6 rings (SSSR count). The first-order valence-electron chi connectivity index (χ1n) is 18.9. The van der Waals surface area contributed by atoms with Crippen LogP contribution in [0.15, 0.2) is 60.7 Å². The van der Waals surface area contributed by atoms with Crippen LogP contribution in [0.2, 0.25) is 0 Å². The molecule has 2 aromatic carbocycles. The Hall–Kier alpha value is -4.12. The second-order valence-electron chi connectivity index (χ2n) is 16.0. The highest BCUT2D eigenvalue weighted by molar-refractivity contribution is 5.85. The summed E-state index contributed by atoms with van der Waals surface area (Å²) in [6.07, 6.45) is 3.67. The molecule has 11 atom stereocenters. The first kappa shape index (κ1) is 37.6. The molecule has 4 fully saturated rings. The van der Waals surface area contributed by atoms with Crippen molar-refractivity contribution in [2.24, 2.45) is 46.3 Å². The van der Waals surface area contributed by atoms with Crippen molar-refractivity contribution >= 4 is 35.5 Å². The lowest BCUT2D eigenvalue weighted by molar-refractivity contribution is -0.205. The minimum absolute atomic E-state index is 0.0160. The summed E-state index contributed by atoms with van der Waals surface area (Å²) in [5, 5.41) is 16.7. The van der Waals surface area contributed by atoms with Crippen LogP contribution in [0.1, 0.15) is 78.6 Å². The number of aliphatic hydroxyl groups excluding tert-OH is 1. The number of hydrogen-bond acceptors (Lipinski definition) is 9. The van der Waals surface area contributed by atoms with Gasteiger partial charge >= 0.3 is 24.1 Å². The minimum atomic E-state index is -0.608. The number of benzene rings is 2. The Labute approximate surface area is 306 Å². The van der Waals surface area contributed by atoms with Gasteiger partial charge in [-0.15, -0.1) is 0 Å². The molecule has 4 aliphatic carbocycles. The van der Waals surface area contributed by atoms with E-state index in [1.165, 1.54) is 7.11 Å². The van der Waals surface area contributed by atoms with Crippen molar-refractivity contribution in [2.45, 2.75) is 96.9 Å². The zero-order valence-electron chi connectivity index (χ0n) is 30.8. The molecule has 11 nitrogen and oxygen atoms in total. The standard InChI is InChI=1S/C41H54N2O9/c1-25(15-18-35(45)50-24-36(46)49-4)30-16-17-31-37-32(23-34(41(30,31)3)52-39(48)43-28-13-9-6-10-14-28)40(2)20-19-29(44)21-26(40)22-33(37)51-38(47)42-27-11-7-5-8-12-27/h5-14,25-26,29-34,37,44H,15-24H2,1-4H3,(H,42,47)(H,43,48)/t25-,26+,29-,30-,31+,32+,33-,34+,37+,40+,41-/m1/s1. The summed E-state index contributed by atoms with van der Waals surface area (Å²) < 4.78 is 22.7. The fourth-order valence-corrected chi connectivity index (χ4v) is 10.8. The van der Waals surface area contributed by atoms with Gasteiger partial charge in [-0.2, -0.15) is 0 Å². The molecule has 52 heavy (non-hydrogen) atoms. The summed E-state index contributed by atoms with van der Waals surface area (Å²) in [4.78, 5) is 51.3. The van der Waals surface area contributed by atoms with Crippen LogP contribution in [0.25, 0.3) is 0 Å². The van der Waals surface area contributed by atoms with E-state index in [1.54, 1.807) is 0 Å². The number of hydrogen-bond donors (Lipinski definition) is 3. The van der Waals surface area contributed by atoms with E-state index >= 15 is 0 Å². The Kier molecular flexibility index (Phi) is 11.5. The maximum Gasteiger partial charge on any atom is 0.411 e. The van der Waals surface area contributed by atoms with Crippen LogP contribution in [-0.2, 0) is 28.5 Å². The summed E-state index contributed by atoms with van der Waals surface area (Å²) in [5.41, 5.74) is 0.683. The van der Waals surface area contributed by atoms with Gasteiger partial charge in [-0.25, -0.2) is 14.4 Å². The normalized spacial score (nSPS) is 33.9. The molecule has 3 N–H and O–H groups in total. The summed E-state index contributed by atoms with van der Waals surface area (Å²) >= 11 is 0. The highest BCUT2D eigenvalue weighted by atomic mass is 16.6. The number of aliphatic hydroxyl groups is 1. The number of methoxy groups -OCH3 is 1. The smallest absolute Gasteiger partial charge is 0.411 e. The Morgan fingerprint density at radius 1 is 0.827 bits per heavy atom. The van der Waals surface area contributed by atoms with Crippen molar-refractivity contribution in [2.75, 3.05) is 24.4 Å². The Balaban J connectivity index is 1.30. The molecule has 11 heteroatoms. The number of anilines is 2. The molecule has 0 radical (unpaired) electrons. The number of fused-ring (bicyclic) bond motifs is 5. The number of carbonyl (C=O) groups excluding carboxylic acids is 4. The van der Waals surface area contributed by atoms with Crippen LogP contribution >= 0.6 is 0 Å². The predicted molar refractivity (Wildman–Crippen MR) is 194 cm³/mol. The van der Waals surface area contributed by atoms with Crippen LogP contribution in [0.5, 0.6) is 0 Å². The second kappa shape index (κ2) is 15.9. The number of esters is 2. The van der Waals surface area contributed by atoms with Gasteiger partial charge in [0.2, 0.25) is 0 Å². The number of amides is 2. The van der Waals surface area contributed by atoms with Crippen molar-refractivity contribution in [3.05, 3.63) is 60.7 Å². The van der Waals surface area contributed by atoms with Crippen molar-refractivity contribution < 1.29 is 43.2 Å². The lowest BCUT2D eigenvalue weighted by atomic mass is 9.43. The molecule has 0 unspecified atom stereocenters. The average molecular weight is 719 g/mol. The number of para-hydroxylation sites is 2. The second-order valence-corrected chi connectivity index (χ2v) is 16.0. The van der Waals surface area contributed by atoms with Crippen LogP contribution < -0.4 is 10.6 Å². The molecule has 0 aromatic heterocycles. The minimum Gasteiger partial charge on any atom is -0.466 e. The van der Waals surface area contributed by atoms with Gasteiger partial charge < -0.3 is 24.1 Å². The molecule has 2 aromatic rings. The predicted octanol–water partition coefficient (Wildman–Crippen LogP) is 7.59.